The van der Waals surface area contributed by atoms with E-state index < -0.39 is 0 Å². The van der Waals surface area contributed by atoms with E-state index in [0.717, 1.165) is 34.1 Å². The number of aromatic nitrogens is 1. The molecule has 0 aliphatic rings. The molecule has 1 N–H and O–H groups in total. The first-order chi connectivity index (χ1) is 13.7. The highest BCUT2D eigenvalue weighted by molar-refractivity contribution is 5.85. The Morgan fingerprint density at radius 2 is 1.93 bits per heavy atom. The standard InChI is InChI=1S/C22H26N4O2/c1-23-22(25-14-20-19-8-6-5-7-16(19)11-12-24-20)26(2)15-17-9-10-18(27-3)13-21(17)28-4/h5-13H,14-15H2,1-4H3,(H,23,25). The van der Waals surface area contributed by atoms with Crippen LogP contribution in [0.4, 0.5) is 0 Å². The van der Waals surface area contributed by atoms with Crippen LogP contribution in [0, 0.1) is 0 Å². The molecule has 0 unspecified atom stereocenters. The second-order valence-corrected chi connectivity index (χ2v) is 6.41. The van der Waals surface area contributed by atoms with Crippen LogP contribution < -0.4 is 14.8 Å². The van der Waals surface area contributed by atoms with E-state index in [1.807, 2.05) is 49.6 Å². The lowest BCUT2D eigenvalue weighted by Crippen LogP contribution is -2.38. The molecule has 6 nitrogen and oxygen atoms in total. The molecule has 0 atom stereocenters. The highest BCUT2D eigenvalue weighted by Gasteiger charge is 2.12. The van der Waals surface area contributed by atoms with Crippen LogP contribution in [0.15, 0.2) is 59.7 Å². The summed E-state index contributed by atoms with van der Waals surface area (Å²) in [4.78, 5) is 11.0. The SMILES string of the molecule is CN=C(NCc1nccc2ccccc12)N(C)Cc1ccc(OC)cc1OC. The van der Waals surface area contributed by atoms with Crippen molar-refractivity contribution < 1.29 is 9.47 Å². The van der Waals surface area contributed by atoms with Crippen molar-refractivity contribution in [3.8, 4) is 11.5 Å². The Morgan fingerprint density at radius 3 is 2.68 bits per heavy atom. The molecule has 0 saturated carbocycles. The monoisotopic (exact) mass is 378 g/mol. The lowest BCUT2D eigenvalue weighted by atomic mass is 10.1. The average molecular weight is 378 g/mol. The van der Waals surface area contributed by atoms with Crippen molar-refractivity contribution in [3.05, 3.63) is 66.0 Å². The number of rotatable bonds is 6. The lowest BCUT2D eigenvalue weighted by molar-refractivity contribution is 0.382. The molecule has 6 heteroatoms. The van der Waals surface area contributed by atoms with Gasteiger partial charge in [0.2, 0.25) is 0 Å². The molecule has 3 rings (SSSR count). The molecule has 0 spiro atoms. The van der Waals surface area contributed by atoms with Crippen LogP contribution in [0.1, 0.15) is 11.3 Å². The zero-order valence-corrected chi connectivity index (χ0v) is 16.8. The summed E-state index contributed by atoms with van der Waals surface area (Å²) in [6.45, 7) is 1.24. The number of guanidine groups is 1. The van der Waals surface area contributed by atoms with E-state index >= 15 is 0 Å². The van der Waals surface area contributed by atoms with E-state index in [9.17, 15) is 0 Å². The van der Waals surface area contributed by atoms with Crippen molar-refractivity contribution in [2.75, 3.05) is 28.3 Å². The summed E-state index contributed by atoms with van der Waals surface area (Å²) >= 11 is 0. The topological polar surface area (TPSA) is 59.0 Å². The van der Waals surface area contributed by atoms with Gasteiger partial charge in [0, 0.05) is 43.9 Å². The summed E-state index contributed by atoms with van der Waals surface area (Å²) < 4.78 is 10.8. The third-order valence-corrected chi connectivity index (χ3v) is 4.65. The van der Waals surface area contributed by atoms with Crippen LogP contribution in [0.3, 0.4) is 0 Å². The number of benzene rings is 2. The fraction of sp³-hybridized carbons (Fsp3) is 0.273. The fourth-order valence-electron chi connectivity index (χ4n) is 3.18. The maximum Gasteiger partial charge on any atom is 0.194 e. The second-order valence-electron chi connectivity index (χ2n) is 6.41. The Kier molecular flexibility index (Phi) is 6.32. The number of methoxy groups -OCH3 is 2. The van der Waals surface area contributed by atoms with Gasteiger partial charge in [0.1, 0.15) is 11.5 Å². The maximum atomic E-state index is 5.50. The van der Waals surface area contributed by atoms with Gasteiger partial charge in [-0.3, -0.25) is 9.98 Å². The summed E-state index contributed by atoms with van der Waals surface area (Å²) in [5, 5.41) is 5.73. The first-order valence-electron chi connectivity index (χ1n) is 9.11. The minimum atomic E-state index is 0.595. The van der Waals surface area contributed by atoms with Crippen molar-refractivity contribution in [3.63, 3.8) is 0 Å². The summed E-state index contributed by atoms with van der Waals surface area (Å²) in [7, 11) is 7.08. The third-order valence-electron chi connectivity index (χ3n) is 4.65. The van der Waals surface area contributed by atoms with Gasteiger partial charge in [0.05, 0.1) is 26.5 Å². The summed E-state index contributed by atoms with van der Waals surface area (Å²) in [6.07, 6.45) is 1.84. The molecule has 0 aliphatic carbocycles. The van der Waals surface area contributed by atoms with Gasteiger partial charge in [0.15, 0.2) is 5.96 Å². The van der Waals surface area contributed by atoms with Gasteiger partial charge in [0.25, 0.3) is 0 Å². The minimum Gasteiger partial charge on any atom is -0.497 e. The summed E-state index contributed by atoms with van der Waals surface area (Å²) in [5.74, 6) is 2.35. The average Bonchev–Trinajstić information content (AvgIpc) is 2.74. The molecule has 0 radical (unpaired) electrons. The molecule has 2 aromatic carbocycles. The quantitative estimate of drug-likeness (QED) is 0.526. The Labute approximate surface area is 165 Å². The summed E-state index contributed by atoms with van der Waals surface area (Å²) in [5.41, 5.74) is 2.05. The van der Waals surface area contributed by atoms with Gasteiger partial charge in [-0.05, 0) is 23.6 Å². The number of ether oxygens (including phenoxy) is 2. The molecule has 0 aliphatic heterocycles. The van der Waals surface area contributed by atoms with Crippen molar-refractivity contribution in [1.29, 1.82) is 0 Å². The molecule has 1 heterocycles. The van der Waals surface area contributed by atoms with Gasteiger partial charge in [-0.1, -0.05) is 24.3 Å². The number of aliphatic imine (C=N–C) groups is 1. The predicted octanol–water partition coefficient (Wildman–Crippen LogP) is 3.46. The summed E-state index contributed by atoms with van der Waals surface area (Å²) in [6, 6.07) is 16.1. The smallest absolute Gasteiger partial charge is 0.194 e. The van der Waals surface area contributed by atoms with Gasteiger partial charge in [-0.25, -0.2) is 0 Å². The zero-order valence-electron chi connectivity index (χ0n) is 16.8. The van der Waals surface area contributed by atoms with Gasteiger partial charge in [-0.15, -0.1) is 0 Å². The molecule has 0 saturated heterocycles. The Bertz CT molecular complexity index is 966. The molecule has 0 fully saturated rings. The highest BCUT2D eigenvalue weighted by Crippen LogP contribution is 2.25. The van der Waals surface area contributed by atoms with Crippen molar-refractivity contribution >= 4 is 16.7 Å². The van der Waals surface area contributed by atoms with Crippen LogP contribution in [0.5, 0.6) is 11.5 Å². The minimum absolute atomic E-state index is 0.595. The number of nitrogens with one attached hydrogen (secondary N) is 1. The molecule has 0 amide bonds. The van der Waals surface area contributed by atoms with Crippen molar-refractivity contribution in [2.24, 2.45) is 4.99 Å². The Morgan fingerprint density at radius 1 is 1.11 bits per heavy atom. The zero-order chi connectivity index (χ0) is 19.9. The predicted molar refractivity (Wildman–Crippen MR) is 113 cm³/mol. The molecule has 3 aromatic rings. The highest BCUT2D eigenvalue weighted by atomic mass is 16.5. The van der Waals surface area contributed by atoms with Gasteiger partial charge < -0.3 is 19.7 Å². The van der Waals surface area contributed by atoms with Crippen molar-refractivity contribution in [2.45, 2.75) is 13.1 Å². The number of nitrogens with zero attached hydrogens (tertiary/aromatic N) is 3. The van der Waals surface area contributed by atoms with E-state index in [-0.39, 0.29) is 0 Å². The molecular formula is C22H26N4O2. The molecular weight excluding hydrogens is 352 g/mol. The maximum absolute atomic E-state index is 5.50. The normalized spacial score (nSPS) is 11.4. The van der Waals surface area contributed by atoms with Crippen LogP contribution in [0.25, 0.3) is 10.8 Å². The second kappa shape index (κ2) is 9.08. The molecule has 0 bridgehead atoms. The molecule has 28 heavy (non-hydrogen) atoms. The van der Waals surface area contributed by atoms with E-state index in [1.54, 1.807) is 21.3 Å². The fourth-order valence-corrected chi connectivity index (χ4v) is 3.18. The Hall–Kier alpha value is -3.28. The van der Waals surface area contributed by atoms with E-state index in [4.69, 9.17) is 9.47 Å². The first-order valence-corrected chi connectivity index (χ1v) is 9.11. The van der Waals surface area contributed by atoms with Crippen LogP contribution in [-0.4, -0.2) is 44.2 Å². The van der Waals surface area contributed by atoms with E-state index in [1.165, 1.54) is 5.39 Å². The van der Waals surface area contributed by atoms with E-state index in [2.05, 4.69) is 32.3 Å². The van der Waals surface area contributed by atoms with Gasteiger partial charge in [-0.2, -0.15) is 0 Å². The third kappa shape index (κ3) is 4.34. The van der Waals surface area contributed by atoms with Crippen LogP contribution in [0.2, 0.25) is 0 Å². The van der Waals surface area contributed by atoms with Crippen molar-refractivity contribution in [1.82, 2.24) is 15.2 Å². The number of hydrogen-bond acceptors (Lipinski definition) is 4. The molecule has 146 valence electrons. The Balaban J connectivity index is 1.71. The largest absolute Gasteiger partial charge is 0.497 e. The number of hydrogen-bond donors (Lipinski definition) is 1. The molecule has 1 aromatic heterocycles. The number of pyridine rings is 1. The first kappa shape index (κ1) is 19.5. The van der Waals surface area contributed by atoms with E-state index in [0.29, 0.717) is 13.1 Å². The van der Waals surface area contributed by atoms with Crippen LogP contribution >= 0.6 is 0 Å². The van der Waals surface area contributed by atoms with Crippen LogP contribution in [-0.2, 0) is 13.1 Å². The lowest BCUT2D eigenvalue weighted by Gasteiger charge is -2.23. The number of fused-ring (bicyclic) bond motifs is 1. The van der Waals surface area contributed by atoms with Gasteiger partial charge >= 0.3 is 0 Å².